The quantitative estimate of drug-likeness (QED) is 0.121. The summed E-state index contributed by atoms with van der Waals surface area (Å²) >= 11 is 0. The maximum Gasteiger partial charge on any atom is 2.00 e. The number of hydrogen-bond donors (Lipinski definition) is 0. The topological polar surface area (TPSA) is 9.72 Å². The standard InChI is InChI=1S/3C9H12N.5C6H6.6C5H5.4Sb.3Ti/c3*1-10(2)8-9-6-4-3-5-7-9;5*1-2-4-6-5-3-1;6*1-2-4-5-3-1;;;;;;;/h3*3-6H,8H2,1-2H3;5*1-6H;6*1-5H;;;;;;;/q3*-1;;;;;;6*-1;;;;;;2*+2. The molecule has 0 saturated heterocycles. The Balaban J connectivity index is -0.000000180. The molecule has 0 aromatic heterocycles. The van der Waals surface area contributed by atoms with Gasteiger partial charge in [0.25, 0.3) is 0 Å². The van der Waals surface area contributed by atoms with Crippen LogP contribution in [0.4, 0.5) is 0 Å². The molecule has 0 fully saturated rings. The van der Waals surface area contributed by atoms with Gasteiger partial charge in [-0.15, -0.1) is 16.7 Å². The first-order valence-electron chi connectivity index (χ1n) is 30.2. The van der Waals surface area contributed by atoms with Gasteiger partial charge in [-0.25, -0.2) is 72.8 Å². The fourth-order valence-corrected chi connectivity index (χ4v) is 6.46. The van der Waals surface area contributed by atoms with Crippen LogP contribution in [0.5, 0.6) is 0 Å². The summed E-state index contributed by atoms with van der Waals surface area (Å²) in [7, 11) is 12.3. The molecule has 0 aliphatic rings. The van der Waals surface area contributed by atoms with Crippen molar-refractivity contribution in [2.75, 3.05) is 42.3 Å². The van der Waals surface area contributed by atoms with E-state index >= 15 is 0 Å². The minimum Gasteiger partial charge on any atom is -0.307 e. The van der Waals surface area contributed by atoms with E-state index in [2.05, 4.69) is 93.4 Å². The molecular weight excluding hydrogens is 1720 g/mol. The van der Waals surface area contributed by atoms with Crippen molar-refractivity contribution in [1.29, 1.82) is 0 Å². The van der Waals surface area contributed by atoms with Gasteiger partial charge in [-0.3, -0.25) is 0 Å². The van der Waals surface area contributed by atoms with Crippen LogP contribution in [-0.2, 0) is 84.8 Å². The Morgan fingerprint density at radius 3 is 0.402 bits per heavy atom. The van der Waals surface area contributed by atoms with E-state index in [1.807, 2.05) is 419 Å². The molecule has 0 aliphatic carbocycles. The normalized spacial score (nSPS) is 8.13. The molecule has 0 aliphatic heterocycles. The Morgan fingerprint density at radius 2 is 0.330 bits per heavy atom. The second-order valence-electron chi connectivity index (χ2n) is 19.4. The van der Waals surface area contributed by atoms with Gasteiger partial charge in [0.2, 0.25) is 0 Å². The van der Waals surface area contributed by atoms with E-state index in [-0.39, 0.29) is 163 Å². The molecule has 3 nitrogen and oxygen atoms in total. The first-order valence-corrected chi connectivity index (χ1v) is 30.2. The van der Waals surface area contributed by atoms with E-state index in [0.717, 1.165) is 19.6 Å². The van der Waals surface area contributed by atoms with Crippen LogP contribution in [0.3, 0.4) is 0 Å². The second kappa shape index (κ2) is 89.2. The zero-order valence-electron chi connectivity index (χ0n) is 57.3. The van der Waals surface area contributed by atoms with Gasteiger partial charge < -0.3 is 14.7 Å². The molecule has 0 saturated carbocycles. The van der Waals surface area contributed by atoms with Crippen molar-refractivity contribution in [3.63, 3.8) is 0 Å². The van der Waals surface area contributed by atoms with Crippen molar-refractivity contribution in [3.8, 4) is 0 Å². The summed E-state index contributed by atoms with van der Waals surface area (Å²) in [6.45, 7) is 2.92. The summed E-state index contributed by atoms with van der Waals surface area (Å²) in [4.78, 5) is 6.39. The molecule has 0 bridgehead atoms. The Bertz CT molecular complexity index is 2490. The average Bonchev–Trinajstić information content (AvgIpc) is 4.37. The maximum atomic E-state index is 3.16. The molecular formula is C87H96N3Sb4Ti3-5. The Labute approximate surface area is 702 Å². The molecule has 12 radical (unpaired) electrons. The predicted octanol–water partition coefficient (Wildman–Crippen LogP) is 20.0. The third kappa shape index (κ3) is 87.2. The smallest absolute Gasteiger partial charge is 0.307 e. The van der Waals surface area contributed by atoms with Gasteiger partial charge in [0.15, 0.2) is 0 Å². The number of hydrogen-bond acceptors (Lipinski definition) is 3. The van der Waals surface area contributed by atoms with Crippen LogP contribution < -0.4 is 0 Å². The van der Waals surface area contributed by atoms with Gasteiger partial charge in [-0.1, -0.05) is 182 Å². The fraction of sp³-hybridized carbons (Fsp3) is 0.103. The number of benzene rings is 8. The molecule has 0 unspecified atom stereocenters. The van der Waals surface area contributed by atoms with Crippen molar-refractivity contribution in [2.45, 2.75) is 19.6 Å². The molecule has 0 atom stereocenters. The van der Waals surface area contributed by atoms with Crippen molar-refractivity contribution in [1.82, 2.24) is 14.7 Å². The molecule has 14 rings (SSSR count). The van der Waals surface area contributed by atoms with Gasteiger partial charge in [-0.2, -0.15) is 200 Å². The maximum absolute atomic E-state index is 3.16. The van der Waals surface area contributed by atoms with Crippen molar-refractivity contribution in [2.24, 2.45) is 0 Å². The summed E-state index contributed by atoms with van der Waals surface area (Å²) in [5, 5.41) is 0. The fourth-order valence-electron chi connectivity index (χ4n) is 6.46. The molecule has 0 heterocycles. The zero-order valence-corrected chi connectivity index (χ0v) is 72.2. The molecule has 0 N–H and O–H groups in total. The SMILES string of the molecule is CN(C)Cc1[c-]cccc1.CN(C)Cc1[c-]cccc1.CN(C)Cc1[c-]cccc1.[Sb].[Sb].[Sb].[Sb].[Ti+2].[Ti+2].[Ti].c1cc[cH-]c1.c1cc[cH-]c1.c1cc[cH-]c1.c1cc[cH-]c1.c1cc[cH-]c1.c1cc[cH-]c1.c1ccccc1.c1ccccc1.c1ccccc1.c1ccccc1.c1ccccc1. The first kappa shape index (κ1) is 106. The van der Waals surface area contributed by atoms with Crippen LogP contribution >= 0.6 is 0 Å². The van der Waals surface area contributed by atoms with E-state index in [4.69, 9.17) is 0 Å². The predicted molar refractivity (Wildman–Crippen MR) is 415 cm³/mol. The molecule has 496 valence electrons. The third-order valence-corrected chi connectivity index (χ3v) is 10.4. The molecule has 97 heavy (non-hydrogen) atoms. The summed E-state index contributed by atoms with van der Waals surface area (Å²) in [6, 6.07) is 154. The molecule has 10 heteroatoms. The molecule has 0 amide bonds. The van der Waals surface area contributed by atoms with Crippen LogP contribution in [0.25, 0.3) is 0 Å². The van der Waals surface area contributed by atoms with Crippen LogP contribution in [0.15, 0.2) is 437 Å². The van der Waals surface area contributed by atoms with E-state index in [0.29, 0.717) is 0 Å². The van der Waals surface area contributed by atoms with Crippen LogP contribution in [0.2, 0.25) is 0 Å². The van der Waals surface area contributed by atoms with Gasteiger partial charge >= 0.3 is 43.4 Å². The summed E-state index contributed by atoms with van der Waals surface area (Å²) in [5.41, 5.74) is 3.73. The van der Waals surface area contributed by atoms with Gasteiger partial charge in [0.05, 0.1) is 0 Å². The van der Waals surface area contributed by atoms with Crippen LogP contribution in [0.1, 0.15) is 16.7 Å². The summed E-state index contributed by atoms with van der Waals surface area (Å²) in [6.07, 6.45) is 0. The molecule has 0 spiro atoms. The first-order chi connectivity index (χ1) is 44.4. The van der Waals surface area contributed by atoms with E-state index in [1.165, 1.54) is 16.7 Å². The van der Waals surface area contributed by atoms with Crippen molar-refractivity contribution >= 4 is 97.7 Å². The average molecular weight is 1810 g/mol. The van der Waals surface area contributed by atoms with Crippen molar-refractivity contribution < 1.29 is 65.2 Å². The largest absolute Gasteiger partial charge is 2.00 e. The van der Waals surface area contributed by atoms with Crippen LogP contribution in [0, 0.1) is 18.2 Å². The van der Waals surface area contributed by atoms with E-state index in [1.54, 1.807) is 0 Å². The number of nitrogens with zero attached hydrogens (tertiary/aromatic N) is 3. The zero-order chi connectivity index (χ0) is 64.6. The van der Waals surface area contributed by atoms with Gasteiger partial charge in [0, 0.05) is 139 Å². The Morgan fingerprint density at radius 1 is 0.206 bits per heavy atom. The second-order valence-corrected chi connectivity index (χ2v) is 19.4. The van der Waals surface area contributed by atoms with Crippen LogP contribution in [-0.4, -0.2) is 155 Å². The Hall–Kier alpha value is -4.84. The minimum atomic E-state index is 0. The molecule has 14 aromatic rings. The van der Waals surface area contributed by atoms with Gasteiger partial charge in [-0.05, 0) is 42.3 Å². The number of rotatable bonds is 6. The third-order valence-electron chi connectivity index (χ3n) is 10.4. The van der Waals surface area contributed by atoms with Crippen molar-refractivity contribution in [3.05, 3.63) is 472 Å². The molecule has 14 aromatic carbocycles. The monoisotopic (exact) mass is 1810 g/mol. The van der Waals surface area contributed by atoms with E-state index in [9.17, 15) is 0 Å². The van der Waals surface area contributed by atoms with E-state index < -0.39 is 0 Å². The summed E-state index contributed by atoms with van der Waals surface area (Å²) < 4.78 is 0. The van der Waals surface area contributed by atoms with Gasteiger partial charge in [0.1, 0.15) is 0 Å². The summed E-state index contributed by atoms with van der Waals surface area (Å²) in [5.74, 6) is 0. The minimum absolute atomic E-state index is 0. The Kier molecular flexibility index (Phi) is 97.1.